The number of ether oxygens (including phenoxy) is 4. The molecule has 0 aromatic carbocycles. The minimum atomic E-state index is -4.00. The summed E-state index contributed by atoms with van der Waals surface area (Å²) in [4.78, 5) is 1.86. The SMILES string of the molecule is CC1(C(F)(F)C(F)N2CCOCC2)COCC(C(F)(F)C(F)N2CCOCC2)OC1. The predicted octanol–water partition coefficient (Wildman–Crippen LogP) is 1.93. The first-order chi connectivity index (χ1) is 14.1. The molecule has 3 rings (SSSR count). The lowest BCUT2D eigenvalue weighted by Crippen LogP contribution is -2.59. The fourth-order valence-electron chi connectivity index (χ4n) is 3.70. The molecule has 0 amide bonds. The van der Waals surface area contributed by atoms with Crippen LogP contribution in [0.25, 0.3) is 0 Å². The van der Waals surface area contributed by atoms with Gasteiger partial charge in [-0.2, -0.15) is 8.78 Å². The molecule has 3 aliphatic heterocycles. The van der Waals surface area contributed by atoms with Gasteiger partial charge in [-0.3, -0.25) is 9.80 Å². The molecule has 4 atom stereocenters. The molecule has 30 heavy (non-hydrogen) atoms. The van der Waals surface area contributed by atoms with Crippen molar-refractivity contribution in [1.82, 2.24) is 9.80 Å². The van der Waals surface area contributed by atoms with Crippen molar-refractivity contribution >= 4 is 0 Å². The van der Waals surface area contributed by atoms with Gasteiger partial charge in [0.2, 0.25) is 12.6 Å². The lowest BCUT2D eigenvalue weighted by atomic mass is 9.83. The van der Waals surface area contributed by atoms with Crippen LogP contribution >= 0.6 is 0 Å². The summed E-state index contributed by atoms with van der Waals surface area (Å²) >= 11 is 0. The van der Waals surface area contributed by atoms with Gasteiger partial charge in [0.15, 0.2) is 0 Å². The smallest absolute Gasteiger partial charge is 0.319 e. The highest BCUT2D eigenvalue weighted by Gasteiger charge is 2.61. The molecular weight excluding hydrogens is 422 g/mol. The van der Waals surface area contributed by atoms with Crippen molar-refractivity contribution in [2.75, 3.05) is 72.4 Å². The highest BCUT2D eigenvalue weighted by atomic mass is 19.3. The maximum atomic E-state index is 15.0. The first-order valence-electron chi connectivity index (χ1n) is 9.96. The second-order valence-electron chi connectivity index (χ2n) is 8.14. The topological polar surface area (TPSA) is 43.4 Å². The van der Waals surface area contributed by atoms with Gasteiger partial charge in [0.05, 0.1) is 51.7 Å². The molecule has 0 radical (unpaired) electrons. The molecule has 0 saturated carbocycles. The highest BCUT2D eigenvalue weighted by molar-refractivity contribution is 4.97. The Hall–Kier alpha value is -0.660. The van der Waals surface area contributed by atoms with Crippen LogP contribution in [0.4, 0.5) is 26.3 Å². The fourth-order valence-corrected chi connectivity index (χ4v) is 3.70. The van der Waals surface area contributed by atoms with Gasteiger partial charge in [-0.25, -0.2) is 17.6 Å². The van der Waals surface area contributed by atoms with Crippen molar-refractivity contribution in [3.05, 3.63) is 0 Å². The summed E-state index contributed by atoms with van der Waals surface area (Å²) in [5, 5.41) is 0. The molecule has 12 heteroatoms. The van der Waals surface area contributed by atoms with Gasteiger partial charge < -0.3 is 18.9 Å². The molecular formula is C18H28F6N2O4. The Kier molecular flexibility index (Phi) is 7.56. The predicted molar refractivity (Wildman–Crippen MR) is 93.1 cm³/mol. The molecule has 3 aliphatic rings. The van der Waals surface area contributed by atoms with Crippen LogP contribution < -0.4 is 0 Å². The largest absolute Gasteiger partial charge is 0.379 e. The lowest BCUT2D eigenvalue weighted by Gasteiger charge is -2.42. The Labute approximate surface area is 171 Å². The Morgan fingerprint density at radius 2 is 1.30 bits per heavy atom. The van der Waals surface area contributed by atoms with Crippen LogP contribution in [0.2, 0.25) is 0 Å². The van der Waals surface area contributed by atoms with Crippen molar-refractivity contribution in [2.45, 2.75) is 37.5 Å². The van der Waals surface area contributed by atoms with E-state index in [4.69, 9.17) is 18.9 Å². The second kappa shape index (κ2) is 9.45. The third-order valence-corrected chi connectivity index (χ3v) is 5.88. The first kappa shape index (κ1) is 24.0. The van der Waals surface area contributed by atoms with Crippen LogP contribution in [0.5, 0.6) is 0 Å². The number of hydrogen-bond donors (Lipinski definition) is 0. The average Bonchev–Trinajstić information content (AvgIpc) is 2.97. The summed E-state index contributed by atoms with van der Waals surface area (Å²) in [6.07, 6.45) is -7.41. The molecule has 3 saturated heterocycles. The van der Waals surface area contributed by atoms with E-state index in [2.05, 4.69) is 0 Å². The summed E-state index contributed by atoms with van der Waals surface area (Å²) in [6.45, 7) is -0.977. The summed E-state index contributed by atoms with van der Waals surface area (Å²) in [5.41, 5.74) is -2.21. The van der Waals surface area contributed by atoms with E-state index in [0.717, 1.165) is 16.7 Å². The van der Waals surface area contributed by atoms with E-state index in [9.17, 15) is 17.6 Å². The molecule has 0 N–H and O–H groups in total. The standard InChI is InChI=1S/C18H28F6N2O4/c1-16(18(23,24)15(20)26-4-8-28-9-5-26)11-29-10-13(30-12-16)17(21,22)14(19)25-2-6-27-7-3-25/h13-15H,2-12H2,1H3. The van der Waals surface area contributed by atoms with E-state index in [1.54, 1.807) is 0 Å². The number of halogens is 6. The third-order valence-electron chi connectivity index (χ3n) is 5.88. The summed E-state index contributed by atoms with van der Waals surface area (Å²) in [7, 11) is 0. The number of rotatable bonds is 6. The quantitative estimate of drug-likeness (QED) is 0.455. The van der Waals surface area contributed by atoms with Gasteiger partial charge in [0.1, 0.15) is 6.10 Å². The fraction of sp³-hybridized carbons (Fsp3) is 1.00. The van der Waals surface area contributed by atoms with Gasteiger partial charge in [-0.15, -0.1) is 0 Å². The number of hydrogen-bond acceptors (Lipinski definition) is 6. The van der Waals surface area contributed by atoms with Gasteiger partial charge in [-0.05, 0) is 6.92 Å². The van der Waals surface area contributed by atoms with E-state index in [1.165, 1.54) is 0 Å². The van der Waals surface area contributed by atoms with Crippen LogP contribution in [-0.4, -0.2) is 113 Å². The normalized spacial score (nSPS) is 33.1. The van der Waals surface area contributed by atoms with Gasteiger partial charge in [0, 0.05) is 26.2 Å². The Morgan fingerprint density at radius 1 is 0.800 bits per heavy atom. The molecule has 0 bridgehead atoms. The first-order valence-corrected chi connectivity index (χ1v) is 9.96. The minimum Gasteiger partial charge on any atom is -0.379 e. The molecule has 0 aromatic heterocycles. The summed E-state index contributed by atoms with van der Waals surface area (Å²) < 4.78 is 109. The van der Waals surface area contributed by atoms with Crippen molar-refractivity contribution in [3.8, 4) is 0 Å². The lowest BCUT2D eigenvalue weighted by molar-refractivity contribution is -0.246. The maximum absolute atomic E-state index is 15.0. The van der Waals surface area contributed by atoms with Crippen LogP contribution in [-0.2, 0) is 18.9 Å². The molecule has 0 aliphatic carbocycles. The average molecular weight is 450 g/mol. The van der Waals surface area contributed by atoms with Crippen LogP contribution in [0, 0.1) is 5.41 Å². The van der Waals surface area contributed by atoms with Crippen LogP contribution in [0.1, 0.15) is 6.92 Å². The molecule has 4 unspecified atom stereocenters. The summed E-state index contributed by atoms with van der Waals surface area (Å²) in [6, 6.07) is 0. The van der Waals surface area contributed by atoms with E-state index < -0.39 is 55.8 Å². The monoisotopic (exact) mass is 450 g/mol. The number of nitrogens with zero attached hydrogens (tertiary/aromatic N) is 2. The molecule has 6 nitrogen and oxygen atoms in total. The van der Waals surface area contributed by atoms with Crippen molar-refractivity contribution in [1.29, 1.82) is 0 Å². The van der Waals surface area contributed by atoms with E-state index in [1.807, 2.05) is 0 Å². The van der Waals surface area contributed by atoms with Crippen molar-refractivity contribution in [3.63, 3.8) is 0 Å². The Morgan fingerprint density at radius 3 is 1.83 bits per heavy atom. The second-order valence-corrected chi connectivity index (χ2v) is 8.14. The number of alkyl halides is 6. The third kappa shape index (κ3) is 4.73. The van der Waals surface area contributed by atoms with Crippen molar-refractivity contribution in [2.24, 2.45) is 5.41 Å². The van der Waals surface area contributed by atoms with Gasteiger partial charge in [0.25, 0.3) is 0 Å². The Bertz CT molecular complexity index is 563. The molecule has 3 fully saturated rings. The highest BCUT2D eigenvalue weighted by Crippen LogP contribution is 2.45. The summed E-state index contributed by atoms with van der Waals surface area (Å²) in [5.74, 6) is -7.95. The van der Waals surface area contributed by atoms with Gasteiger partial charge in [-0.1, -0.05) is 0 Å². The molecule has 176 valence electrons. The zero-order valence-electron chi connectivity index (χ0n) is 16.8. The molecule has 0 aromatic rings. The number of morpholine rings is 2. The minimum absolute atomic E-state index is 0.0155. The Balaban J connectivity index is 1.67. The maximum Gasteiger partial charge on any atom is 0.319 e. The van der Waals surface area contributed by atoms with Gasteiger partial charge >= 0.3 is 11.8 Å². The molecule has 0 spiro atoms. The van der Waals surface area contributed by atoms with E-state index in [-0.39, 0.29) is 52.6 Å². The van der Waals surface area contributed by atoms with Crippen LogP contribution in [0.3, 0.4) is 0 Å². The zero-order valence-corrected chi connectivity index (χ0v) is 16.8. The zero-order chi connectivity index (χ0) is 22.0. The molecule has 3 heterocycles. The van der Waals surface area contributed by atoms with Crippen molar-refractivity contribution < 1.29 is 45.3 Å². The van der Waals surface area contributed by atoms with Crippen LogP contribution in [0.15, 0.2) is 0 Å². The van der Waals surface area contributed by atoms with E-state index >= 15 is 8.78 Å². The van der Waals surface area contributed by atoms with E-state index in [0.29, 0.717) is 0 Å².